The molecule has 1 heterocycles. The monoisotopic (exact) mass is 327 g/mol. The van der Waals surface area contributed by atoms with Crippen LogP contribution >= 0.6 is 11.6 Å². The SMILES string of the molecule is O=C(Cc1c[nH]c2ccccc12)OCC(=O)c1ccc(Cl)cc1. The van der Waals surface area contributed by atoms with Crippen LogP contribution in [0.3, 0.4) is 0 Å². The van der Waals surface area contributed by atoms with Crippen LogP contribution in [0.2, 0.25) is 5.02 Å². The van der Waals surface area contributed by atoms with Gasteiger partial charge in [-0.1, -0.05) is 29.8 Å². The summed E-state index contributed by atoms with van der Waals surface area (Å²) in [4.78, 5) is 27.0. The van der Waals surface area contributed by atoms with E-state index in [-0.39, 0.29) is 18.8 Å². The quantitative estimate of drug-likeness (QED) is 0.573. The highest BCUT2D eigenvalue weighted by molar-refractivity contribution is 6.30. The van der Waals surface area contributed by atoms with Gasteiger partial charge in [-0.2, -0.15) is 0 Å². The fourth-order valence-corrected chi connectivity index (χ4v) is 2.48. The van der Waals surface area contributed by atoms with E-state index in [1.165, 1.54) is 0 Å². The van der Waals surface area contributed by atoms with Gasteiger partial charge in [-0.3, -0.25) is 9.59 Å². The first kappa shape index (κ1) is 15.3. The maximum Gasteiger partial charge on any atom is 0.310 e. The smallest absolute Gasteiger partial charge is 0.310 e. The van der Waals surface area contributed by atoms with Crippen LogP contribution in [0.15, 0.2) is 54.7 Å². The third kappa shape index (κ3) is 3.60. The number of para-hydroxylation sites is 1. The summed E-state index contributed by atoms with van der Waals surface area (Å²) in [5, 5.41) is 1.53. The molecule has 0 unspecified atom stereocenters. The Morgan fingerprint density at radius 3 is 2.57 bits per heavy atom. The first-order valence-electron chi connectivity index (χ1n) is 7.13. The Morgan fingerprint density at radius 2 is 1.78 bits per heavy atom. The lowest BCUT2D eigenvalue weighted by Crippen LogP contribution is -2.15. The third-order valence-corrected chi connectivity index (χ3v) is 3.79. The molecule has 0 bridgehead atoms. The maximum absolute atomic E-state index is 11.9. The molecule has 0 saturated carbocycles. The van der Waals surface area contributed by atoms with Gasteiger partial charge in [-0.25, -0.2) is 0 Å². The molecule has 4 nitrogen and oxygen atoms in total. The van der Waals surface area contributed by atoms with Crippen LogP contribution in [0.5, 0.6) is 0 Å². The Bertz CT molecular complexity index is 852. The number of rotatable bonds is 5. The number of benzene rings is 2. The summed E-state index contributed by atoms with van der Waals surface area (Å²) in [6.45, 7) is -0.275. The second-order valence-electron chi connectivity index (χ2n) is 5.13. The molecular weight excluding hydrogens is 314 g/mol. The largest absolute Gasteiger partial charge is 0.457 e. The van der Waals surface area contributed by atoms with Crippen molar-refractivity contribution in [1.29, 1.82) is 0 Å². The molecule has 0 aliphatic heterocycles. The van der Waals surface area contributed by atoms with Crippen molar-refractivity contribution >= 4 is 34.3 Å². The van der Waals surface area contributed by atoms with Crippen molar-refractivity contribution in [3.63, 3.8) is 0 Å². The number of hydrogen-bond acceptors (Lipinski definition) is 3. The van der Waals surface area contributed by atoms with E-state index in [9.17, 15) is 9.59 Å². The molecule has 0 spiro atoms. The summed E-state index contributed by atoms with van der Waals surface area (Å²) >= 11 is 5.77. The molecule has 0 fully saturated rings. The number of fused-ring (bicyclic) bond motifs is 1. The Balaban J connectivity index is 1.59. The normalized spacial score (nSPS) is 10.7. The Hall–Kier alpha value is -2.59. The molecule has 1 aromatic heterocycles. The van der Waals surface area contributed by atoms with Gasteiger partial charge in [0.05, 0.1) is 6.42 Å². The average molecular weight is 328 g/mol. The number of ketones is 1. The van der Waals surface area contributed by atoms with E-state index in [0.717, 1.165) is 16.5 Å². The van der Waals surface area contributed by atoms with E-state index in [4.69, 9.17) is 16.3 Å². The average Bonchev–Trinajstić information content (AvgIpc) is 2.96. The standard InChI is InChI=1S/C18H14ClNO3/c19-14-7-5-12(6-8-14)17(21)11-23-18(22)9-13-10-20-16-4-2-1-3-15(13)16/h1-8,10,20H,9,11H2. The number of hydrogen-bond donors (Lipinski definition) is 1. The number of nitrogens with one attached hydrogen (secondary N) is 1. The molecule has 0 saturated heterocycles. The highest BCUT2D eigenvalue weighted by Crippen LogP contribution is 2.18. The Labute approximate surface area is 138 Å². The predicted molar refractivity (Wildman–Crippen MR) is 88.7 cm³/mol. The highest BCUT2D eigenvalue weighted by Gasteiger charge is 2.12. The number of halogens is 1. The molecule has 0 atom stereocenters. The summed E-state index contributed by atoms with van der Waals surface area (Å²) < 4.78 is 5.08. The minimum atomic E-state index is -0.433. The van der Waals surface area contributed by atoms with Crippen molar-refractivity contribution in [3.8, 4) is 0 Å². The van der Waals surface area contributed by atoms with Crippen molar-refractivity contribution < 1.29 is 14.3 Å². The zero-order chi connectivity index (χ0) is 16.2. The molecule has 0 aliphatic carbocycles. The molecular formula is C18H14ClNO3. The van der Waals surface area contributed by atoms with Crippen LogP contribution in [0, 0.1) is 0 Å². The fraction of sp³-hybridized carbons (Fsp3) is 0.111. The number of carbonyl (C=O) groups is 2. The molecule has 23 heavy (non-hydrogen) atoms. The van der Waals surface area contributed by atoms with E-state index in [1.54, 1.807) is 30.5 Å². The van der Waals surface area contributed by atoms with Gasteiger partial charge in [0, 0.05) is 27.7 Å². The van der Waals surface area contributed by atoms with Crippen LogP contribution in [0.1, 0.15) is 15.9 Å². The Morgan fingerprint density at radius 1 is 1.04 bits per heavy atom. The van der Waals surface area contributed by atoms with Crippen LogP contribution in [-0.2, 0) is 16.0 Å². The first-order valence-corrected chi connectivity index (χ1v) is 7.50. The second-order valence-corrected chi connectivity index (χ2v) is 5.56. The van der Waals surface area contributed by atoms with Gasteiger partial charge in [0.15, 0.2) is 12.4 Å². The molecule has 0 amide bonds. The van der Waals surface area contributed by atoms with Crippen molar-refractivity contribution in [2.75, 3.05) is 6.61 Å². The van der Waals surface area contributed by atoms with Gasteiger partial charge in [0.2, 0.25) is 0 Å². The number of aromatic nitrogens is 1. The van der Waals surface area contributed by atoms with Crippen molar-refractivity contribution in [1.82, 2.24) is 4.98 Å². The highest BCUT2D eigenvalue weighted by atomic mass is 35.5. The fourth-order valence-electron chi connectivity index (χ4n) is 2.35. The van der Waals surface area contributed by atoms with Crippen LogP contribution < -0.4 is 0 Å². The third-order valence-electron chi connectivity index (χ3n) is 3.54. The zero-order valence-electron chi connectivity index (χ0n) is 12.2. The summed E-state index contributed by atoms with van der Waals surface area (Å²) in [5.74, 6) is -0.689. The van der Waals surface area contributed by atoms with Crippen LogP contribution in [-0.4, -0.2) is 23.3 Å². The van der Waals surface area contributed by atoms with Crippen molar-refractivity contribution in [3.05, 3.63) is 70.9 Å². The summed E-state index contributed by atoms with van der Waals surface area (Å²) in [5.41, 5.74) is 2.28. The summed E-state index contributed by atoms with van der Waals surface area (Å²) in [6, 6.07) is 14.2. The lowest BCUT2D eigenvalue weighted by atomic mass is 10.1. The number of esters is 1. The Kier molecular flexibility index (Phi) is 4.44. The molecule has 3 rings (SSSR count). The second kappa shape index (κ2) is 6.67. The van der Waals surface area contributed by atoms with Gasteiger partial charge in [-0.05, 0) is 35.9 Å². The van der Waals surface area contributed by atoms with Crippen molar-refractivity contribution in [2.45, 2.75) is 6.42 Å². The minimum absolute atomic E-state index is 0.123. The van der Waals surface area contributed by atoms with Crippen molar-refractivity contribution in [2.24, 2.45) is 0 Å². The lowest BCUT2D eigenvalue weighted by Gasteiger charge is -2.04. The van der Waals surface area contributed by atoms with E-state index in [0.29, 0.717) is 10.6 Å². The van der Waals surface area contributed by atoms with Crippen LogP contribution in [0.4, 0.5) is 0 Å². The van der Waals surface area contributed by atoms with Gasteiger partial charge in [-0.15, -0.1) is 0 Å². The molecule has 0 radical (unpaired) electrons. The van der Waals surface area contributed by atoms with E-state index >= 15 is 0 Å². The molecule has 0 aliphatic rings. The molecule has 1 N–H and O–H groups in total. The number of Topliss-reactive ketones (excluding diaryl/α,β-unsaturated/α-hetero) is 1. The number of carbonyl (C=O) groups excluding carboxylic acids is 2. The zero-order valence-corrected chi connectivity index (χ0v) is 13.0. The van der Waals surface area contributed by atoms with Gasteiger partial charge < -0.3 is 9.72 Å². The van der Waals surface area contributed by atoms with Gasteiger partial charge in [0.25, 0.3) is 0 Å². The first-order chi connectivity index (χ1) is 11.1. The molecule has 5 heteroatoms. The van der Waals surface area contributed by atoms with Gasteiger partial charge in [0.1, 0.15) is 0 Å². The van der Waals surface area contributed by atoms with Gasteiger partial charge >= 0.3 is 5.97 Å². The van der Waals surface area contributed by atoms with Crippen LogP contribution in [0.25, 0.3) is 10.9 Å². The molecule has 3 aromatic rings. The number of H-pyrrole nitrogens is 1. The summed E-state index contributed by atoms with van der Waals surface area (Å²) in [6.07, 6.45) is 1.91. The minimum Gasteiger partial charge on any atom is -0.457 e. The van der Waals surface area contributed by atoms with E-state index < -0.39 is 5.97 Å². The number of ether oxygens (including phenoxy) is 1. The number of aromatic amines is 1. The maximum atomic E-state index is 11.9. The topological polar surface area (TPSA) is 59.2 Å². The molecule has 2 aromatic carbocycles. The lowest BCUT2D eigenvalue weighted by molar-refractivity contribution is -0.141. The van der Waals surface area contributed by atoms with E-state index in [2.05, 4.69) is 4.98 Å². The van der Waals surface area contributed by atoms with E-state index in [1.807, 2.05) is 24.3 Å². The molecule has 116 valence electrons. The summed E-state index contributed by atoms with van der Waals surface area (Å²) in [7, 11) is 0. The predicted octanol–water partition coefficient (Wildman–Crippen LogP) is 3.79.